The highest BCUT2D eigenvalue weighted by atomic mass is 16.6. The van der Waals surface area contributed by atoms with Gasteiger partial charge < -0.3 is 25.8 Å². The molecule has 2 atom stereocenters. The number of ether oxygens (including phenoxy) is 1. The lowest BCUT2D eigenvalue weighted by atomic mass is 10.00. The number of nitrogen functional groups attached to an aromatic ring is 1. The molecule has 39 heavy (non-hydrogen) atoms. The van der Waals surface area contributed by atoms with E-state index in [-0.39, 0.29) is 18.6 Å². The highest BCUT2D eigenvalue weighted by molar-refractivity contribution is 6.05. The molecule has 4 aromatic rings. The number of hydrogen-bond acceptors (Lipinski definition) is 6. The van der Waals surface area contributed by atoms with Gasteiger partial charge in [0.2, 0.25) is 0 Å². The number of aliphatic hydroxyl groups is 1. The molecule has 1 heterocycles. The minimum Gasteiger partial charge on any atom is -0.436 e. The number of nitrogens with one attached hydrogen (secondary N) is 1. The number of para-hydroxylation sites is 2. The van der Waals surface area contributed by atoms with Gasteiger partial charge in [-0.3, -0.25) is 9.78 Å². The topological polar surface area (TPSA) is 118 Å². The van der Waals surface area contributed by atoms with E-state index < -0.39 is 12.2 Å². The number of aliphatic hydroxyl groups excluding tert-OH is 1. The molecule has 200 valence electrons. The first-order valence-corrected chi connectivity index (χ1v) is 12.8. The van der Waals surface area contributed by atoms with Crippen LogP contribution in [0, 0.1) is 0 Å². The van der Waals surface area contributed by atoms with E-state index in [0.717, 1.165) is 11.1 Å². The molecular weight excluding hydrogens is 492 g/mol. The Morgan fingerprint density at radius 3 is 2.21 bits per heavy atom. The van der Waals surface area contributed by atoms with Gasteiger partial charge in [-0.15, -0.1) is 0 Å². The van der Waals surface area contributed by atoms with E-state index in [1.54, 1.807) is 65.8 Å². The first-order chi connectivity index (χ1) is 19.0. The summed E-state index contributed by atoms with van der Waals surface area (Å²) in [6.07, 6.45) is 2.55. The van der Waals surface area contributed by atoms with Crippen molar-refractivity contribution in [3.63, 3.8) is 0 Å². The minimum atomic E-state index is -0.707. The summed E-state index contributed by atoms with van der Waals surface area (Å²) in [7, 11) is 0. The van der Waals surface area contributed by atoms with E-state index in [0.29, 0.717) is 35.5 Å². The fraction of sp³-hybridized carbons (Fsp3) is 0.194. The molecule has 0 fully saturated rings. The number of carbonyl (C=O) groups is 2. The van der Waals surface area contributed by atoms with Crippen molar-refractivity contribution < 1.29 is 19.4 Å². The van der Waals surface area contributed by atoms with Crippen molar-refractivity contribution in [2.24, 2.45) is 0 Å². The molecule has 0 aliphatic heterocycles. The summed E-state index contributed by atoms with van der Waals surface area (Å²) in [4.78, 5) is 32.0. The van der Waals surface area contributed by atoms with Gasteiger partial charge in [-0.05, 0) is 66.4 Å². The molecule has 0 saturated carbocycles. The van der Waals surface area contributed by atoms with Crippen LogP contribution in [0.4, 0.5) is 16.2 Å². The smallest absolute Gasteiger partial charge is 0.411 e. The van der Waals surface area contributed by atoms with E-state index in [1.807, 2.05) is 49.4 Å². The lowest BCUT2D eigenvalue weighted by Gasteiger charge is -2.31. The van der Waals surface area contributed by atoms with Crippen LogP contribution in [0.25, 0.3) is 0 Å². The summed E-state index contributed by atoms with van der Waals surface area (Å²) in [6.45, 7) is 2.19. The van der Waals surface area contributed by atoms with Gasteiger partial charge in [0.25, 0.3) is 5.91 Å². The van der Waals surface area contributed by atoms with Gasteiger partial charge in [-0.2, -0.15) is 0 Å². The molecule has 4 rings (SSSR count). The zero-order valence-electron chi connectivity index (χ0n) is 21.7. The number of nitrogens with zero attached hydrogens (tertiary/aromatic N) is 2. The average Bonchev–Trinajstić information content (AvgIpc) is 2.98. The van der Waals surface area contributed by atoms with Gasteiger partial charge in [-0.1, -0.05) is 54.6 Å². The lowest BCUT2D eigenvalue weighted by Crippen LogP contribution is -2.36. The van der Waals surface area contributed by atoms with Crippen LogP contribution in [0.2, 0.25) is 0 Å². The SMILES string of the molecule is C[C@@H](c1ccncc1)N(CCCO)C(=O)O[C@@H](c1ccccc1)c1ccc(C(=O)Nc2ccccc2N)cc1. The van der Waals surface area contributed by atoms with E-state index >= 15 is 0 Å². The summed E-state index contributed by atoms with van der Waals surface area (Å²) in [5.74, 6) is -0.297. The van der Waals surface area contributed by atoms with Crippen LogP contribution in [0.15, 0.2) is 103 Å². The van der Waals surface area contributed by atoms with Crippen LogP contribution in [-0.2, 0) is 4.74 Å². The number of rotatable bonds is 10. The van der Waals surface area contributed by atoms with E-state index in [9.17, 15) is 14.7 Å². The van der Waals surface area contributed by atoms with Gasteiger partial charge in [0.05, 0.1) is 17.4 Å². The molecule has 0 saturated heterocycles. The van der Waals surface area contributed by atoms with Crippen molar-refractivity contribution in [2.75, 3.05) is 24.2 Å². The van der Waals surface area contributed by atoms with Crippen LogP contribution in [0.3, 0.4) is 0 Å². The summed E-state index contributed by atoms with van der Waals surface area (Å²) in [5.41, 5.74) is 9.81. The van der Waals surface area contributed by atoms with Crippen LogP contribution in [0.5, 0.6) is 0 Å². The summed E-state index contributed by atoms with van der Waals surface area (Å²) in [5, 5.41) is 12.3. The molecule has 0 radical (unpaired) electrons. The van der Waals surface area contributed by atoms with Crippen molar-refractivity contribution in [3.8, 4) is 0 Å². The molecule has 0 bridgehead atoms. The number of benzene rings is 3. The number of nitrogens with two attached hydrogens (primary N) is 1. The first kappa shape index (κ1) is 27.3. The number of aromatic nitrogens is 1. The van der Waals surface area contributed by atoms with E-state index in [4.69, 9.17) is 10.5 Å². The molecule has 0 unspecified atom stereocenters. The third kappa shape index (κ3) is 7.00. The second-order valence-electron chi connectivity index (χ2n) is 9.06. The zero-order chi connectivity index (χ0) is 27.6. The Morgan fingerprint density at radius 2 is 1.54 bits per heavy atom. The molecule has 1 aromatic heterocycles. The second kappa shape index (κ2) is 13.2. The Hall–Kier alpha value is -4.69. The average molecular weight is 525 g/mol. The van der Waals surface area contributed by atoms with Gasteiger partial charge in [-0.25, -0.2) is 4.79 Å². The van der Waals surface area contributed by atoms with Crippen molar-refractivity contribution >= 4 is 23.4 Å². The predicted octanol–water partition coefficient (Wildman–Crippen LogP) is 5.59. The molecule has 0 aliphatic rings. The largest absolute Gasteiger partial charge is 0.436 e. The minimum absolute atomic E-state index is 0.0485. The molecule has 2 amide bonds. The Labute approximate surface area is 228 Å². The maximum Gasteiger partial charge on any atom is 0.411 e. The summed E-state index contributed by atoms with van der Waals surface area (Å²) in [6, 6.07) is 26.8. The Bertz CT molecular complexity index is 1360. The van der Waals surface area contributed by atoms with Gasteiger partial charge in [0, 0.05) is 31.1 Å². The number of amides is 2. The van der Waals surface area contributed by atoms with Crippen molar-refractivity contribution in [1.82, 2.24) is 9.88 Å². The lowest BCUT2D eigenvalue weighted by molar-refractivity contribution is 0.0633. The van der Waals surface area contributed by atoms with Crippen molar-refractivity contribution in [2.45, 2.75) is 25.5 Å². The maximum atomic E-state index is 13.6. The van der Waals surface area contributed by atoms with E-state index in [1.165, 1.54) is 0 Å². The third-order valence-corrected chi connectivity index (χ3v) is 6.45. The van der Waals surface area contributed by atoms with E-state index in [2.05, 4.69) is 10.3 Å². The number of hydrogen-bond donors (Lipinski definition) is 3. The first-order valence-electron chi connectivity index (χ1n) is 12.8. The molecule has 0 spiro atoms. The number of anilines is 2. The zero-order valence-corrected chi connectivity index (χ0v) is 21.7. The number of carbonyl (C=O) groups excluding carboxylic acids is 2. The Morgan fingerprint density at radius 1 is 0.897 bits per heavy atom. The van der Waals surface area contributed by atoms with Crippen molar-refractivity contribution in [3.05, 3.63) is 126 Å². The summed E-state index contributed by atoms with van der Waals surface area (Å²) < 4.78 is 6.11. The van der Waals surface area contributed by atoms with Crippen LogP contribution in [0.1, 0.15) is 52.5 Å². The highest BCUT2D eigenvalue weighted by Gasteiger charge is 2.27. The van der Waals surface area contributed by atoms with Gasteiger partial charge >= 0.3 is 6.09 Å². The normalized spacial score (nSPS) is 12.3. The van der Waals surface area contributed by atoms with Crippen molar-refractivity contribution in [1.29, 1.82) is 0 Å². The fourth-order valence-corrected chi connectivity index (χ4v) is 4.25. The van der Waals surface area contributed by atoms with Gasteiger partial charge in [0.1, 0.15) is 0 Å². The highest BCUT2D eigenvalue weighted by Crippen LogP contribution is 2.30. The predicted molar refractivity (Wildman–Crippen MR) is 151 cm³/mol. The van der Waals surface area contributed by atoms with Crippen LogP contribution >= 0.6 is 0 Å². The fourth-order valence-electron chi connectivity index (χ4n) is 4.25. The Balaban J connectivity index is 1.57. The molecule has 3 aromatic carbocycles. The molecule has 8 nitrogen and oxygen atoms in total. The number of pyridine rings is 1. The molecule has 0 aliphatic carbocycles. The molecule has 8 heteroatoms. The Kier molecular flexibility index (Phi) is 9.26. The monoisotopic (exact) mass is 524 g/mol. The second-order valence-corrected chi connectivity index (χ2v) is 9.06. The third-order valence-electron chi connectivity index (χ3n) is 6.45. The van der Waals surface area contributed by atoms with Crippen LogP contribution in [-0.4, -0.2) is 40.1 Å². The van der Waals surface area contributed by atoms with Crippen LogP contribution < -0.4 is 11.1 Å². The quantitative estimate of drug-likeness (QED) is 0.233. The summed E-state index contributed by atoms with van der Waals surface area (Å²) >= 11 is 0. The molecule has 4 N–H and O–H groups in total. The maximum absolute atomic E-state index is 13.6. The van der Waals surface area contributed by atoms with Gasteiger partial charge in [0.15, 0.2) is 6.10 Å². The molecular formula is C31H32N4O4. The standard InChI is InChI=1S/C31H32N4O4/c1-22(23-16-18-33-19-17-23)35(20-7-21-36)31(38)39-29(24-8-3-2-4-9-24)25-12-14-26(15-13-25)30(37)34-28-11-6-5-10-27(28)32/h2-6,8-19,22,29,36H,7,20-21,32H2,1H3,(H,34,37)/t22-,29-/m0/s1.